The second kappa shape index (κ2) is 7.55. The number of hydrogen-bond acceptors (Lipinski definition) is 7. The Morgan fingerprint density at radius 1 is 1.37 bits per heavy atom. The third-order valence-corrected chi connectivity index (χ3v) is 5.57. The molecule has 0 spiro atoms. The number of furan rings is 1. The Hall–Kier alpha value is -3.23. The summed E-state index contributed by atoms with van der Waals surface area (Å²) in [6, 6.07) is 7.47. The molecule has 0 fully saturated rings. The first-order valence-corrected chi connectivity index (χ1v) is 9.95. The van der Waals surface area contributed by atoms with Crippen LogP contribution in [0, 0.1) is 0 Å². The molecule has 0 bridgehead atoms. The molecule has 3 aromatic rings. The molecule has 0 saturated carbocycles. The molecular weight excluding hydrogens is 382 g/mol. The van der Waals surface area contributed by atoms with Crippen LogP contribution in [0.2, 0.25) is 0 Å². The summed E-state index contributed by atoms with van der Waals surface area (Å²) in [4.78, 5) is 24.1. The zero-order chi connectivity index (χ0) is 20.7. The molecular formula is C22H23N5O3. The first kappa shape index (κ1) is 18.8. The summed E-state index contributed by atoms with van der Waals surface area (Å²) in [7, 11) is 1.59. The van der Waals surface area contributed by atoms with E-state index in [2.05, 4.69) is 33.3 Å². The van der Waals surface area contributed by atoms with Gasteiger partial charge in [-0.1, -0.05) is 0 Å². The first-order valence-electron chi connectivity index (χ1n) is 9.95. The third kappa shape index (κ3) is 3.34. The highest BCUT2D eigenvalue weighted by molar-refractivity contribution is 5.57. The van der Waals surface area contributed by atoms with Gasteiger partial charge >= 0.3 is 0 Å². The fourth-order valence-corrected chi connectivity index (χ4v) is 4.12. The lowest BCUT2D eigenvalue weighted by Crippen LogP contribution is -2.51. The minimum absolute atomic E-state index is 0.0919. The second-order valence-corrected chi connectivity index (χ2v) is 7.66. The van der Waals surface area contributed by atoms with E-state index in [1.165, 1.54) is 16.3 Å². The van der Waals surface area contributed by atoms with Gasteiger partial charge in [0, 0.05) is 50.1 Å². The summed E-state index contributed by atoms with van der Waals surface area (Å²) in [5, 5.41) is 0. The van der Waals surface area contributed by atoms with Gasteiger partial charge in [-0.3, -0.25) is 20.1 Å². The molecule has 1 N–H and O–H groups in total. The number of nitrogens with zero attached hydrogens (tertiary/aromatic N) is 4. The SMILES string of the molecule is COCc1cc(=O)n2c(n1)C=C(C)C(N1CCc3ncc(-c4ccco4)cc3C1)N2. The number of pyridine rings is 1. The van der Waals surface area contributed by atoms with E-state index in [-0.39, 0.29) is 11.7 Å². The van der Waals surface area contributed by atoms with Gasteiger partial charge in [-0.2, -0.15) is 0 Å². The van der Waals surface area contributed by atoms with Crippen molar-refractivity contribution in [1.29, 1.82) is 0 Å². The summed E-state index contributed by atoms with van der Waals surface area (Å²) in [6.07, 6.45) is 6.27. The standard InChI is InChI=1S/C22H23N5O3/c1-14-8-20-24-17(13-29-2)10-21(28)27(20)25-22(14)26-6-5-18-16(12-26)9-15(11-23-18)19-4-3-7-30-19/h3-4,7-11,22,25H,5-6,12-13H2,1-2H3. The van der Waals surface area contributed by atoms with Crippen molar-refractivity contribution in [2.24, 2.45) is 0 Å². The second-order valence-electron chi connectivity index (χ2n) is 7.66. The molecule has 8 heteroatoms. The molecule has 2 aliphatic rings. The lowest BCUT2D eigenvalue weighted by atomic mass is 10.0. The summed E-state index contributed by atoms with van der Waals surface area (Å²) in [5.74, 6) is 1.41. The molecule has 0 aromatic carbocycles. The molecule has 30 heavy (non-hydrogen) atoms. The molecule has 8 nitrogen and oxygen atoms in total. The van der Waals surface area contributed by atoms with E-state index >= 15 is 0 Å². The average molecular weight is 405 g/mol. The van der Waals surface area contributed by atoms with Crippen LogP contribution < -0.4 is 11.0 Å². The highest BCUT2D eigenvalue weighted by atomic mass is 16.5. The van der Waals surface area contributed by atoms with Crippen molar-refractivity contribution in [3.05, 3.63) is 75.4 Å². The molecule has 1 unspecified atom stereocenters. The van der Waals surface area contributed by atoms with Gasteiger partial charge in [0.05, 0.1) is 18.6 Å². The predicted octanol–water partition coefficient (Wildman–Crippen LogP) is 2.39. The van der Waals surface area contributed by atoms with Gasteiger partial charge in [0.1, 0.15) is 11.9 Å². The maximum atomic E-state index is 12.6. The fourth-order valence-electron chi connectivity index (χ4n) is 4.12. The van der Waals surface area contributed by atoms with Crippen molar-refractivity contribution in [2.75, 3.05) is 19.1 Å². The van der Waals surface area contributed by atoms with E-state index in [9.17, 15) is 4.79 Å². The topological polar surface area (TPSA) is 85.4 Å². The number of methoxy groups -OCH3 is 1. The Morgan fingerprint density at radius 3 is 3.07 bits per heavy atom. The molecule has 2 aliphatic heterocycles. The van der Waals surface area contributed by atoms with Crippen molar-refractivity contribution in [2.45, 2.75) is 32.7 Å². The van der Waals surface area contributed by atoms with Gasteiger partial charge in [0.25, 0.3) is 5.56 Å². The van der Waals surface area contributed by atoms with Crippen LogP contribution in [0.5, 0.6) is 0 Å². The van der Waals surface area contributed by atoms with Gasteiger partial charge in [0.15, 0.2) is 5.82 Å². The maximum Gasteiger partial charge on any atom is 0.272 e. The minimum Gasteiger partial charge on any atom is -0.464 e. The maximum absolute atomic E-state index is 12.6. The van der Waals surface area contributed by atoms with E-state index < -0.39 is 0 Å². The van der Waals surface area contributed by atoms with Crippen molar-refractivity contribution in [3.63, 3.8) is 0 Å². The van der Waals surface area contributed by atoms with Crippen molar-refractivity contribution in [1.82, 2.24) is 19.5 Å². The number of ether oxygens (including phenoxy) is 1. The van der Waals surface area contributed by atoms with Crippen LogP contribution in [0.25, 0.3) is 17.4 Å². The Labute approximate surface area is 173 Å². The molecule has 0 aliphatic carbocycles. The fraction of sp³-hybridized carbons (Fsp3) is 0.318. The van der Waals surface area contributed by atoms with Crippen molar-refractivity contribution >= 4 is 6.08 Å². The molecule has 0 saturated heterocycles. The van der Waals surface area contributed by atoms with Gasteiger partial charge in [-0.05, 0) is 42.3 Å². The lowest BCUT2D eigenvalue weighted by molar-refractivity contribution is 0.180. The van der Waals surface area contributed by atoms with E-state index in [1.54, 1.807) is 13.4 Å². The summed E-state index contributed by atoms with van der Waals surface area (Å²) >= 11 is 0. The van der Waals surface area contributed by atoms with Gasteiger partial charge in [0.2, 0.25) is 0 Å². The normalized spacial score (nSPS) is 18.3. The summed E-state index contributed by atoms with van der Waals surface area (Å²) in [5.41, 5.74) is 8.20. The Kier molecular flexibility index (Phi) is 4.72. The first-order chi connectivity index (χ1) is 14.6. The van der Waals surface area contributed by atoms with E-state index in [1.807, 2.05) is 24.4 Å². The predicted molar refractivity (Wildman–Crippen MR) is 112 cm³/mol. The van der Waals surface area contributed by atoms with Crippen LogP contribution in [-0.2, 0) is 24.3 Å². The Balaban J connectivity index is 1.42. The molecule has 154 valence electrons. The van der Waals surface area contributed by atoms with Crippen LogP contribution >= 0.6 is 0 Å². The van der Waals surface area contributed by atoms with Gasteiger partial charge in [-0.15, -0.1) is 0 Å². The smallest absolute Gasteiger partial charge is 0.272 e. The quantitative estimate of drug-likeness (QED) is 0.713. The number of hydrogen-bond donors (Lipinski definition) is 1. The van der Waals surface area contributed by atoms with Crippen molar-refractivity contribution < 1.29 is 9.15 Å². The molecule has 5 heterocycles. The third-order valence-electron chi connectivity index (χ3n) is 5.57. The highest BCUT2D eigenvalue weighted by Crippen LogP contribution is 2.27. The van der Waals surface area contributed by atoms with Crippen LogP contribution in [0.1, 0.15) is 29.7 Å². The van der Waals surface area contributed by atoms with Crippen LogP contribution in [0.4, 0.5) is 0 Å². The van der Waals surface area contributed by atoms with Crippen molar-refractivity contribution in [3.8, 4) is 11.3 Å². The van der Waals surface area contributed by atoms with E-state index in [4.69, 9.17) is 9.15 Å². The van der Waals surface area contributed by atoms with Crippen LogP contribution in [-0.4, -0.2) is 39.4 Å². The van der Waals surface area contributed by atoms with E-state index in [0.29, 0.717) is 18.1 Å². The summed E-state index contributed by atoms with van der Waals surface area (Å²) in [6.45, 7) is 3.96. The zero-order valence-corrected chi connectivity index (χ0v) is 17.0. The van der Waals surface area contributed by atoms with Gasteiger partial charge in [-0.25, -0.2) is 9.66 Å². The Morgan fingerprint density at radius 2 is 2.27 bits per heavy atom. The number of nitrogens with one attached hydrogen (secondary N) is 1. The highest BCUT2D eigenvalue weighted by Gasteiger charge is 2.29. The van der Waals surface area contributed by atoms with Crippen LogP contribution in [0.3, 0.4) is 0 Å². The average Bonchev–Trinajstić information content (AvgIpc) is 3.28. The molecule has 3 aromatic heterocycles. The number of rotatable bonds is 4. The molecule has 1 atom stereocenters. The minimum atomic E-state index is -0.139. The largest absolute Gasteiger partial charge is 0.464 e. The zero-order valence-electron chi connectivity index (χ0n) is 17.0. The van der Waals surface area contributed by atoms with Crippen LogP contribution in [0.15, 0.2) is 51.5 Å². The molecule has 0 amide bonds. The van der Waals surface area contributed by atoms with E-state index in [0.717, 1.165) is 42.1 Å². The number of aromatic nitrogens is 3. The summed E-state index contributed by atoms with van der Waals surface area (Å²) < 4.78 is 12.2. The van der Waals surface area contributed by atoms with Gasteiger partial charge < -0.3 is 9.15 Å². The number of fused-ring (bicyclic) bond motifs is 2. The molecule has 0 radical (unpaired) electrons. The molecule has 5 rings (SSSR count). The monoisotopic (exact) mass is 405 g/mol. The lowest BCUT2D eigenvalue weighted by Gasteiger charge is -2.38. The Bertz CT molecular complexity index is 1170.